The summed E-state index contributed by atoms with van der Waals surface area (Å²) in [6.45, 7) is 0.409. The van der Waals surface area contributed by atoms with Crippen LogP contribution in [-0.4, -0.2) is 27.6 Å². The second-order valence-corrected chi connectivity index (χ2v) is 3.86. The molecule has 0 atom stereocenters. The molecule has 1 aromatic rings. The number of hydrogen-bond donors (Lipinski definition) is 2. The van der Waals surface area contributed by atoms with Gasteiger partial charge in [-0.3, -0.25) is 4.79 Å². The van der Waals surface area contributed by atoms with Crippen molar-refractivity contribution in [1.82, 2.24) is 9.97 Å². The highest BCUT2D eigenvalue weighted by Gasteiger charge is 2.44. The summed E-state index contributed by atoms with van der Waals surface area (Å²) >= 11 is 0. The molecule has 1 fully saturated rings. The molecule has 1 saturated carbocycles. The van der Waals surface area contributed by atoms with Gasteiger partial charge in [-0.1, -0.05) is 6.42 Å². The quantitative estimate of drug-likeness (QED) is 0.774. The maximum Gasteiger partial charge on any atom is 0.311 e. The van der Waals surface area contributed by atoms with E-state index in [0.717, 1.165) is 19.3 Å². The van der Waals surface area contributed by atoms with Gasteiger partial charge >= 0.3 is 5.97 Å². The molecule has 0 saturated heterocycles. The van der Waals surface area contributed by atoms with Crippen LogP contribution in [0.2, 0.25) is 0 Å². The van der Waals surface area contributed by atoms with Crippen LogP contribution in [0.25, 0.3) is 0 Å². The van der Waals surface area contributed by atoms with Crippen molar-refractivity contribution in [3.05, 3.63) is 18.5 Å². The summed E-state index contributed by atoms with van der Waals surface area (Å²) in [7, 11) is 0. The van der Waals surface area contributed by atoms with Crippen LogP contribution < -0.4 is 5.32 Å². The molecule has 80 valence electrons. The van der Waals surface area contributed by atoms with E-state index in [1.165, 1.54) is 0 Å². The highest BCUT2D eigenvalue weighted by molar-refractivity contribution is 5.76. The summed E-state index contributed by atoms with van der Waals surface area (Å²) in [6.07, 6.45) is 5.72. The van der Waals surface area contributed by atoms with Crippen LogP contribution in [0.3, 0.4) is 0 Å². The van der Waals surface area contributed by atoms with E-state index < -0.39 is 11.4 Å². The van der Waals surface area contributed by atoms with Gasteiger partial charge in [-0.05, 0) is 18.9 Å². The molecule has 1 heterocycles. The molecule has 0 bridgehead atoms. The number of carboxylic acid groups (broad SMARTS) is 1. The molecule has 0 spiro atoms. The van der Waals surface area contributed by atoms with E-state index in [0.29, 0.717) is 12.5 Å². The Labute approximate surface area is 87.6 Å². The average molecular weight is 207 g/mol. The van der Waals surface area contributed by atoms with Gasteiger partial charge in [-0.25, -0.2) is 9.97 Å². The van der Waals surface area contributed by atoms with Gasteiger partial charge in [-0.15, -0.1) is 0 Å². The van der Waals surface area contributed by atoms with E-state index in [-0.39, 0.29) is 0 Å². The van der Waals surface area contributed by atoms with Gasteiger partial charge in [0.15, 0.2) is 0 Å². The van der Waals surface area contributed by atoms with E-state index in [2.05, 4.69) is 15.3 Å². The van der Waals surface area contributed by atoms with Crippen molar-refractivity contribution in [3.8, 4) is 0 Å². The predicted molar refractivity (Wildman–Crippen MR) is 54.4 cm³/mol. The summed E-state index contributed by atoms with van der Waals surface area (Å²) in [6, 6.07) is 1.72. The third-order valence-electron chi connectivity index (χ3n) is 2.92. The molecular weight excluding hydrogens is 194 g/mol. The Kier molecular flexibility index (Phi) is 2.53. The lowest BCUT2D eigenvalue weighted by Gasteiger charge is -2.37. The molecule has 1 aliphatic rings. The Balaban J connectivity index is 1.95. The lowest BCUT2D eigenvalue weighted by atomic mass is 9.69. The minimum Gasteiger partial charge on any atom is -0.481 e. The second kappa shape index (κ2) is 3.84. The monoisotopic (exact) mass is 207 g/mol. The molecule has 5 nitrogen and oxygen atoms in total. The maximum atomic E-state index is 11.0. The summed E-state index contributed by atoms with van der Waals surface area (Å²) in [4.78, 5) is 19.0. The number of carboxylic acids is 1. The number of nitrogens with zero attached hydrogens (tertiary/aromatic N) is 2. The average Bonchev–Trinajstić information content (AvgIpc) is 2.17. The van der Waals surface area contributed by atoms with Crippen molar-refractivity contribution in [1.29, 1.82) is 0 Å². The first-order valence-corrected chi connectivity index (χ1v) is 4.97. The van der Waals surface area contributed by atoms with Crippen LogP contribution in [0.5, 0.6) is 0 Å². The standard InChI is InChI=1S/C10H13N3O2/c14-8(15)10(3-1-4-10)7-13-9-11-5-2-6-12-9/h2,5-6H,1,3-4,7H2,(H,14,15)(H,11,12,13). The summed E-state index contributed by atoms with van der Waals surface area (Å²) in [5, 5.41) is 12.0. The van der Waals surface area contributed by atoms with Crippen LogP contribution in [0.15, 0.2) is 18.5 Å². The van der Waals surface area contributed by atoms with Gasteiger partial charge in [0.25, 0.3) is 0 Å². The number of rotatable bonds is 4. The normalized spacial score (nSPS) is 17.9. The van der Waals surface area contributed by atoms with E-state index >= 15 is 0 Å². The second-order valence-electron chi connectivity index (χ2n) is 3.86. The zero-order valence-corrected chi connectivity index (χ0v) is 8.31. The molecule has 15 heavy (non-hydrogen) atoms. The molecule has 5 heteroatoms. The first-order chi connectivity index (χ1) is 7.23. The number of aliphatic carboxylic acids is 1. The minimum atomic E-state index is -0.725. The molecule has 0 amide bonds. The SMILES string of the molecule is O=C(O)C1(CNc2ncccn2)CCC1. The highest BCUT2D eigenvalue weighted by Crippen LogP contribution is 2.40. The Bertz CT molecular complexity index is 349. The van der Waals surface area contributed by atoms with Gasteiger partial charge in [0.1, 0.15) is 0 Å². The summed E-state index contributed by atoms with van der Waals surface area (Å²) < 4.78 is 0. The van der Waals surface area contributed by atoms with Gasteiger partial charge in [0, 0.05) is 18.9 Å². The Morgan fingerprint density at radius 1 is 1.47 bits per heavy atom. The number of aromatic nitrogens is 2. The molecule has 1 aromatic heterocycles. The zero-order valence-electron chi connectivity index (χ0n) is 8.31. The molecule has 2 N–H and O–H groups in total. The Morgan fingerprint density at radius 3 is 2.60 bits per heavy atom. The molecule has 0 aliphatic heterocycles. The highest BCUT2D eigenvalue weighted by atomic mass is 16.4. The van der Waals surface area contributed by atoms with Crippen molar-refractivity contribution in [3.63, 3.8) is 0 Å². The Hall–Kier alpha value is -1.65. The number of hydrogen-bond acceptors (Lipinski definition) is 4. The van der Waals surface area contributed by atoms with Gasteiger partial charge in [0.05, 0.1) is 5.41 Å². The molecular formula is C10H13N3O2. The van der Waals surface area contributed by atoms with Crippen molar-refractivity contribution in [2.75, 3.05) is 11.9 Å². The fourth-order valence-corrected chi connectivity index (χ4v) is 1.71. The zero-order chi connectivity index (χ0) is 10.7. The van der Waals surface area contributed by atoms with E-state index in [9.17, 15) is 4.79 Å². The lowest BCUT2D eigenvalue weighted by Crippen LogP contribution is -2.43. The van der Waals surface area contributed by atoms with Crippen LogP contribution >= 0.6 is 0 Å². The van der Waals surface area contributed by atoms with Gasteiger partial charge in [-0.2, -0.15) is 0 Å². The van der Waals surface area contributed by atoms with Crippen molar-refractivity contribution in [2.24, 2.45) is 5.41 Å². The topological polar surface area (TPSA) is 75.1 Å². The molecule has 1 aliphatic carbocycles. The van der Waals surface area contributed by atoms with E-state index in [1.54, 1.807) is 18.5 Å². The minimum absolute atomic E-state index is 0.409. The van der Waals surface area contributed by atoms with E-state index in [1.807, 2.05) is 0 Å². The smallest absolute Gasteiger partial charge is 0.311 e. The largest absolute Gasteiger partial charge is 0.481 e. The predicted octanol–water partition coefficient (Wildman–Crippen LogP) is 1.14. The van der Waals surface area contributed by atoms with Crippen LogP contribution in [0.1, 0.15) is 19.3 Å². The molecule has 0 unspecified atom stereocenters. The summed E-state index contributed by atoms with van der Waals surface area (Å²) in [5.74, 6) is -0.234. The molecule has 2 rings (SSSR count). The van der Waals surface area contributed by atoms with Crippen molar-refractivity contribution in [2.45, 2.75) is 19.3 Å². The number of anilines is 1. The maximum absolute atomic E-state index is 11.0. The lowest BCUT2D eigenvalue weighted by molar-refractivity contribution is -0.153. The number of carbonyl (C=O) groups is 1. The number of nitrogens with one attached hydrogen (secondary N) is 1. The van der Waals surface area contributed by atoms with E-state index in [4.69, 9.17) is 5.11 Å². The van der Waals surface area contributed by atoms with Crippen LogP contribution in [-0.2, 0) is 4.79 Å². The summed E-state index contributed by atoms with van der Waals surface area (Å²) in [5.41, 5.74) is -0.598. The van der Waals surface area contributed by atoms with Gasteiger partial charge in [0.2, 0.25) is 5.95 Å². The van der Waals surface area contributed by atoms with Crippen molar-refractivity contribution >= 4 is 11.9 Å². The van der Waals surface area contributed by atoms with Crippen LogP contribution in [0.4, 0.5) is 5.95 Å². The fraction of sp³-hybridized carbons (Fsp3) is 0.500. The first-order valence-electron chi connectivity index (χ1n) is 4.97. The molecule has 0 aromatic carbocycles. The Morgan fingerprint density at radius 2 is 2.13 bits per heavy atom. The van der Waals surface area contributed by atoms with Crippen molar-refractivity contribution < 1.29 is 9.90 Å². The first kappa shape index (κ1) is 9.89. The fourth-order valence-electron chi connectivity index (χ4n) is 1.71. The molecule has 0 radical (unpaired) electrons. The van der Waals surface area contributed by atoms with Crippen LogP contribution in [0, 0.1) is 5.41 Å². The van der Waals surface area contributed by atoms with Gasteiger partial charge < -0.3 is 10.4 Å². The third kappa shape index (κ3) is 1.91. The third-order valence-corrected chi connectivity index (χ3v) is 2.92.